The molecule has 0 bridgehead atoms. The molecule has 1 N–H and O–H groups in total. The Balaban J connectivity index is 1.40. The third-order valence-corrected chi connectivity index (χ3v) is 8.24. The van der Waals surface area contributed by atoms with Crippen LogP contribution in [-0.2, 0) is 9.47 Å². The van der Waals surface area contributed by atoms with Gasteiger partial charge in [0.2, 0.25) is 0 Å². The first kappa shape index (κ1) is 18.2. The fourth-order valence-corrected chi connectivity index (χ4v) is 5.34. The summed E-state index contributed by atoms with van der Waals surface area (Å²) in [4.78, 5) is 5.43. The van der Waals surface area contributed by atoms with Gasteiger partial charge in [-0.05, 0) is 59.0 Å². The molecule has 2 spiro atoms. The Morgan fingerprint density at radius 1 is 0.720 bits per heavy atom. The van der Waals surface area contributed by atoms with Crippen LogP contribution < -0.4 is 5.32 Å². The highest BCUT2D eigenvalue weighted by Crippen LogP contribution is 2.43. The maximum atomic E-state index is 5.92. The normalized spacial score (nSPS) is 30.7. The maximum absolute atomic E-state index is 5.92. The summed E-state index contributed by atoms with van der Waals surface area (Å²) in [6.45, 7) is 18.4. The molecule has 4 saturated heterocycles. The lowest BCUT2D eigenvalue weighted by atomic mass is 9.70. The molecule has 0 aromatic heterocycles. The average Bonchev–Trinajstić information content (AvgIpc) is 3.02. The van der Waals surface area contributed by atoms with Crippen molar-refractivity contribution in [3.05, 3.63) is 0 Å². The average molecular weight is 352 g/mol. The van der Waals surface area contributed by atoms with E-state index in [4.69, 9.17) is 9.47 Å². The van der Waals surface area contributed by atoms with Crippen molar-refractivity contribution < 1.29 is 9.47 Å². The number of likely N-dealkylation sites (tertiary alicyclic amines) is 2. The first-order chi connectivity index (χ1) is 11.8. The molecule has 5 heteroatoms. The van der Waals surface area contributed by atoms with E-state index in [1.165, 1.54) is 39.0 Å². The third-order valence-electron chi connectivity index (χ3n) is 8.24. The monoisotopic (exact) mass is 351 g/mol. The van der Waals surface area contributed by atoms with Crippen LogP contribution in [-0.4, -0.2) is 79.1 Å². The predicted octanol–water partition coefficient (Wildman–Crippen LogP) is 2.07. The van der Waals surface area contributed by atoms with Gasteiger partial charge in [-0.1, -0.05) is 0 Å². The van der Waals surface area contributed by atoms with E-state index >= 15 is 0 Å². The first-order valence-electron chi connectivity index (χ1n) is 10.3. The summed E-state index contributed by atoms with van der Waals surface area (Å²) in [6.07, 6.45) is 4.71. The van der Waals surface area contributed by atoms with Crippen molar-refractivity contribution >= 4 is 0 Å². The first-order valence-corrected chi connectivity index (χ1v) is 10.3. The highest BCUT2D eigenvalue weighted by Gasteiger charge is 2.51. The Hall–Kier alpha value is -0.200. The van der Waals surface area contributed by atoms with E-state index in [2.05, 4.69) is 42.8 Å². The van der Waals surface area contributed by atoms with Gasteiger partial charge in [0, 0.05) is 50.1 Å². The Bertz CT molecular complexity index is 475. The summed E-state index contributed by atoms with van der Waals surface area (Å²) in [7, 11) is 0. The van der Waals surface area contributed by atoms with Gasteiger partial charge in [0.1, 0.15) is 0 Å². The van der Waals surface area contributed by atoms with Gasteiger partial charge in [0.05, 0.1) is 13.2 Å². The second-order valence-electron chi connectivity index (χ2n) is 9.80. The quantitative estimate of drug-likeness (QED) is 0.842. The Labute approximate surface area is 153 Å². The number of hydrogen-bond donors (Lipinski definition) is 1. The van der Waals surface area contributed by atoms with Crippen molar-refractivity contribution in [1.29, 1.82) is 0 Å². The largest absolute Gasteiger partial charge is 0.347 e. The fraction of sp³-hybridized carbons (Fsp3) is 1.00. The van der Waals surface area contributed by atoms with Crippen molar-refractivity contribution in [3.63, 3.8) is 0 Å². The van der Waals surface area contributed by atoms with Crippen LogP contribution in [0.3, 0.4) is 0 Å². The Morgan fingerprint density at radius 3 is 1.56 bits per heavy atom. The molecule has 0 radical (unpaired) electrons. The van der Waals surface area contributed by atoms with Crippen LogP contribution >= 0.6 is 0 Å². The maximum Gasteiger partial charge on any atom is 0.170 e. The minimum absolute atomic E-state index is 0.135. The molecular formula is C20H37N3O2. The van der Waals surface area contributed by atoms with E-state index in [0.29, 0.717) is 5.41 Å². The van der Waals surface area contributed by atoms with Gasteiger partial charge in [-0.2, -0.15) is 0 Å². The van der Waals surface area contributed by atoms with E-state index in [1.807, 2.05) is 0 Å². The van der Waals surface area contributed by atoms with Gasteiger partial charge >= 0.3 is 0 Å². The molecule has 5 nitrogen and oxygen atoms in total. The van der Waals surface area contributed by atoms with Crippen molar-refractivity contribution in [2.24, 2.45) is 5.41 Å². The van der Waals surface area contributed by atoms with Gasteiger partial charge in [-0.15, -0.1) is 0 Å². The molecule has 0 aliphatic carbocycles. The molecular weight excluding hydrogens is 314 g/mol. The lowest BCUT2D eigenvalue weighted by Gasteiger charge is -2.59. The lowest BCUT2D eigenvalue weighted by molar-refractivity contribution is -0.198. The molecule has 4 aliphatic rings. The summed E-state index contributed by atoms with van der Waals surface area (Å²) in [6, 6.07) is 0. The summed E-state index contributed by atoms with van der Waals surface area (Å²) < 4.78 is 11.8. The molecule has 0 aromatic carbocycles. The topological polar surface area (TPSA) is 37.0 Å². The van der Waals surface area contributed by atoms with E-state index in [1.54, 1.807) is 0 Å². The molecule has 4 aliphatic heterocycles. The SMILES string of the molecule is CC(C)(N1CCC2(CC1)CNC2)C(C)(C)N1CCC2(CC1)OCCO2. The summed E-state index contributed by atoms with van der Waals surface area (Å²) in [5.41, 5.74) is 0.911. The molecule has 4 rings (SSSR count). The highest BCUT2D eigenvalue weighted by molar-refractivity contribution is 5.07. The van der Waals surface area contributed by atoms with E-state index in [9.17, 15) is 0 Å². The second-order valence-corrected chi connectivity index (χ2v) is 9.80. The van der Waals surface area contributed by atoms with Crippen LogP contribution in [0.25, 0.3) is 0 Å². The molecule has 0 atom stereocenters. The summed E-state index contributed by atoms with van der Waals surface area (Å²) in [5, 5.41) is 3.48. The number of nitrogens with one attached hydrogen (secondary N) is 1. The second kappa shape index (κ2) is 6.16. The van der Waals surface area contributed by atoms with Crippen LogP contribution in [0.4, 0.5) is 0 Å². The molecule has 0 saturated carbocycles. The zero-order valence-corrected chi connectivity index (χ0v) is 16.7. The number of piperidine rings is 2. The minimum atomic E-state index is -0.272. The van der Waals surface area contributed by atoms with Gasteiger partial charge in [0.25, 0.3) is 0 Å². The number of nitrogens with zero attached hydrogens (tertiary/aromatic N) is 2. The zero-order valence-electron chi connectivity index (χ0n) is 16.7. The van der Waals surface area contributed by atoms with E-state index in [-0.39, 0.29) is 16.9 Å². The predicted molar refractivity (Wildman–Crippen MR) is 99.7 cm³/mol. The molecule has 4 heterocycles. The smallest absolute Gasteiger partial charge is 0.170 e. The van der Waals surface area contributed by atoms with Gasteiger partial charge < -0.3 is 14.8 Å². The lowest BCUT2D eigenvalue weighted by Crippen LogP contribution is -2.69. The van der Waals surface area contributed by atoms with Crippen LogP contribution in [0.1, 0.15) is 53.4 Å². The third kappa shape index (κ3) is 2.96. The Kier molecular flexibility index (Phi) is 4.48. The fourth-order valence-electron chi connectivity index (χ4n) is 5.34. The highest BCUT2D eigenvalue weighted by atomic mass is 16.7. The van der Waals surface area contributed by atoms with Crippen molar-refractivity contribution in [3.8, 4) is 0 Å². The number of rotatable bonds is 3. The molecule has 4 fully saturated rings. The molecule has 0 unspecified atom stereocenters. The van der Waals surface area contributed by atoms with Crippen molar-refractivity contribution in [2.75, 3.05) is 52.5 Å². The minimum Gasteiger partial charge on any atom is -0.347 e. The molecule has 25 heavy (non-hydrogen) atoms. The Morgan fingerprint density at radius 2 is 1.16 bits per heavy atom. The van der Waals surface area contributed by atoms with Crippen LogP contribution in [0.2, 0.25) is 0 Å². The molecule has 0 amide bonds. The number of hydrogen-bond acceptors (Lipinski definition) is 5. The zero-order chi connectivity index (χ0) is 17.8. The van der Waals surface area contributed by atoms with Crippen molar-refractivity contribution in [1.82, 2.24) is 15.1 Å². The van der Waals surface area contributed by atoms with Crippen LogP contribution in [0.5, 0.6) is 0 Å². The van der Waals surface area contributed by atoms with Gasteiger partial charge in [-0.3, -0.25) is 9.80 Å². The van der Waals surface area contributed by atoms with Crippen molar-refractivity contribution in [2.45, 2.75) is 70.2 Å². The van der Waals surface area contributed by atoms with Gasteiger partial charge in [0.15, 0.2) is 5.79 Å². The van der Waals surface area contributed by atoms with E-state index < -0.39 is 0 Å². The van der Waals surface area contributed by atoms with E-state index in [0.717, 1.165) is 39.1 Å². The van der Waals surface area contributed by atoms with Crippen LogP contribution in [0, 0.1) is 5.41 Å². The molecule has 144 valence electrons. The summed E-state index contributed by atoms with van der Waals surface area (Å²) in [5.74, 6) is -0.272. The summed E-state index contributed by atoms with van der Waals surface area (Å²) >= 11 is 0. The molecule has 0 aromatic rings. The number of ether oxygens (including phenoxy) is 2. The van der Waals surface area contributed by atoms with Crippen LogP contribution in [0.15, 0.2) is 0 Å². The van der Waals surface area contributed by atoms with Gasteiger partial charge in [-0.25, -0.2) is 0 Å². The standard InChI is InChI=1S/C20H37N3O2/c1-17(2,22-9-5-19(6-10-22)15-21-16-19)18(3,4)23-11-7-20(8-12-23)24-13-14-25-20/h21H,5-16H2,1-4H3.